The zero-order valence-corrected chi connectivity index (χ0v) is 13.0. The van der Waals surface area contributed by atoms with Gasteiger partial charge in [-0.2, -0.15) is 5.10 Å². The highest BCUT2D eigenvalue weighted by Gasteiger charge is 2.24. The van der Waals surface area contributed by atoms with E-state index in [1.54, 1.807) is 7.11 Å². The first-order valence-electron chi connectivity index (χ1n) is 7.61. The van der Waals surface area contributed by atoms with Gasteiger partial charge in [-0.1, -0.05) is 18.2 Å². The van der Waals surface area contributed by atoms with Crippen molar-refractivity contribution in [3.8, 4) is 5.75 Å². The molecule has 1 aromatic carbocycles. The highest BCUT2D eigenvalue weighted by atomic mass is 16.5. The zero-order chi connectivity index (χ0) is 15.5. The topological polar surface area (TPSA) is 56.1 Å². The van der Waals surface area contributed by atoms with Crippen molar-refractivity contribution in [3.63, 3.8) is 0 Å². The van der Waals surface area contributed by atoms with Crippen LogP contribution in [0.1, 0.15) is 35.7 Å². The molecular formula is C17H21N3O2. The summed E-state index contributed by atoms with van der Waals surface area (Å²) in [5, 5.41) is 7.45. The van der Waals surface area contributed by atoms with Crippen molar-refractivity contribution < 1.29 is 9.53 Å². The Labute approximate surface area is 130 Å². The third-order valence-electron chi connectivity index (χ3n) is 4.25. The summed E-state index contributed by atoms with van der Waals surface area (Å²) in [5.74, 6) is 0.773. The molecule has 22 heavy (non-hydrogen) atoms. The fourth-order valence-corrected chi connectivity index (χ4v) is 3.12. The maximum absolute atomic E-state index is 12.4. The van der Waals surface area contributed by atoms with Gasteiger partial charge >= 0.3 is 0 Å². The number of hydrogen-bond donors (Lipinski definition) is 1. The Morgan fingerprint density at radius 2 is 2.27 bits per heavy atom. The van der Waals surface area contributed by atoms with Crippen LogP contribution in [0.2, 0.25) is 0 Å². The van der Waals surface area contributed by atoms with Crippen LogP contribution in [-0.2, 0) is 24.7 Å². The number of ether oxygens (including phenoxy) is 1. The predicted molar refractivity (Wildman–Crippen MR) is 83.7 cm³/mol. The summed E-state index contributed by atoms with van der Waals surface area (Å²) in [6, 6.07) is 7.70. The molecule has 5 nitrogen and oxygen atoms in total. The number of aromatic nitrogens is 2. The molecule has 1 N–H and O–H groups in total. The molecule has 116 valence electrons. The molecule has 0 aliphatic heterocycles. The fourth-order valence-electron chi connectivity index (χ4n) is 3.12. The minimum atomic E-state index is 0.0196. The highest BCUT2D eigenvalue weighted by Crippen LogP contribution is 2.29. The number of amides is 1. The first-order chi connectivity index (χ1) is 10.7. The summed E-state index contributed by atoms with van der Waals surface area (Å²) >= 11 is 0. The van der Waals surface area contributed by atoms with Crippen LogP contribution in [0, 0.1) is 0 Å². The number of carbonyl (C=O) groups excluding carboxylic acids is 1. The van der Waals surface area contributed by atoms with E-state index in [1.165, 1.54) is 5.69 Å². The van der Waals surface area contributed by atoms with Gasteiger partial charge in [-0.05, 0) is 25.3 Å². The Morgan fingerprint density at radius 3 is 3.09 bits per heavy atom. The number of carbonyl (C=O) groups is 1. The lowest BCUT2D eigenvalue weighted by Crippen LogP contribution is -2.32. The number of hydrogen-bond acceptors (Lipinski definition) is 3. The molecule has 1 unspecified atom stereocenters. The van der Waals surface area contributed by atoms with Crippen LogP contribution in [0.15, 0.2) is 30.5 Å². The summed E-state index contributed by atoms with van der Waals surface area (Å²) in [7, 11) is 3.58. The van der Waals surface area contributed by atoms with E-state index < -0.39 is 0 Å². The summed E-state index contributed by atoms with van der Waals surface area (Å²) in [5.41, 5.74) is 3.29. The average Bonchev–Trinajstić information content (AvgIpc) is 2.90. The van der Waals surface area contributed by atoms with E-state index >= 15 is 0 Å². The molecule has 3 rings (SSSR count). The molecule has 0 radical (unpaired) electrons. The van der Waals surface area contributed by atoms with Crippen LogP contribution < -0.4 is 10.1 Å². The lowest BCUT2D eigenvalue weighted by Gasteiger charge is -2.24. The van der Waals surface area contributed by atoms with Crippen molar-refractivity contribution in [2.24, 2.45) is 7.05 Å². The standard InChI is InChI=1S/C17H21N3O2/c1-20-15-8-5-7-14(13(15)11-18-20)19-17(21)10-12-6-3-4-9-16(12)22-2/h3-4,6,9,11,14H,5,7-8,10H2,1-2H3,(H,19,21). The van der Waals surface area contributed by atoms with Crippen LogP contribution in [0.3, 0.4) is 0 Å². The molecule has 1 aliphatic rings. The lowest BCUT2D eigenvalue weighted by atomic mass is 9.93. The number of benzene rings is 1. The monoisotopic (exact) mass is 299 g/mol. The van der Waals surface area contributed by atoms with Crippen molar-refractivity contribution >= 4 is 5.91 Å². The van der Waals surface area contributed by atoms with Gasteiger partial charge in [0.15, 0.2) is 0 Å². The second-order valence-corrected chi connectivity index (χ2v) is 5.67. The Hall–Kier alpha value is -2.30. The van der Waals surface area contributed by atoms with Gasteiger partial charge in [-0.25, -0.2) is 0 Å². The maximum atomic E-state index is 12.4. The van der Waals surface area contributed by atoms with Crippen LogP contribution in [0.4, 0.5) is 0 Å². The molecule has 1 heterocycles. The molecule has 5 heteroatoms. The number of para-hydroxylation sites is 1. The van der Waals surface area contributed by atoms with Crippen LogP contribution in [0.5, 0.6) is 5.75 Å². The number of fused-ring (bicyclic) bond motifs is 1. The van der Waals surface area contributed by atoms with Gasteiger partial charge in [0, 0.05) is 23.9 Å². The Bertz CT molecular complexity index is 678. The van der Waals surface area contributed by atoms with Crippen LogP contribution in [-0.4, -0.2) is 22.8 Å². The van der Waals surface area contributed by atoms with E-state index in [-0.39, 0.29) is 11.9 Å². The molecule has 2 aromatic rings. The Morgan fingerprint density at radius 1 is 1.45 bits per heavy atom. The summed E-state index contributed by atoms with van der Waals surface area (Å²) in [6.45, 7) is 0. The lowest BCUT2D eigenvalue weighted by molar-refractivity contribution is -0.121. The molecule has 1 aliphatic carbocycles. The Kier molecular flexibility index (Phi) is 4.13. The average molecular weight is 299 g/mol. The maximum Gasteiger partial charge on any atom is 0.225 e. The van der Waals surface area contributed by atoms with Gasteiger partial charge in [0.05, 0.1) is 25.8 Å². The predicted octanol–water partition coefficient (Wildman–Crippen LogP) is 2.17. The van der Waals surface area contributed by atoms with E-state index in [0.29, 0.717) is 6.42 Å². The van der Waals surface area contributed by atoms with Gasteiger partial charge < -0.3 is 10.1 Å². The largest absolute Gasteiger partial charge is 0.496 e. The number of rotatable bonds is 4. The molecule has 0 saturated carbocycles. The fraction of sp³-hybridized carbons (Fsp3) is 0.412. The molecule has 1 aromatic heterocycles. The second kappa shape index (κ2) is 6.22. The SMILES string of the molecule is COc1ccccc1CC(=O)NC1CCCc2c1cnn2C. The van der Waals surface area contributed by atoms with Gasteiger partial charge in [-0.3, -0.25) is 9.48 Å². The van der Waals surface area contributed by atoms with Crippen molar-refractivity contribution in [2.75, 3.05) is 7.11 Å². The summed E-state index contributed by atoms with van der Waals surface area (Å²) < 4.78 is 7.21. The molecule has 0 spiro atoms. The third kappa shape index (κ3) is 2.84. The van der Waals surface area contributed by atoms with Crippen LogP contribution >= 0.6 is 0 Å². The number of aryl methyl sites for hydroxylation is 1. The highest BCUT2D eigenvalue weighted by molar-refractivity contribution is 5.79. The summed E-state index contributed by atoms with van der Waals surface area (Å²) in [6.07, 6.45) is 5.28. The van der Waals surface area contributed by atoms with E-state index in [1.807, 2.05) is 42.2 Å². The minimum absolute atomic E-state index is 0.0196. The van der Waals surface area contributed by atoms with E-state index in [2.05, 4.69) is 10.4 Å². The van der Waals surface area contributed by atoms with E-state index in [4.69, 9.17) is 4.74 Å². The minimum Gasteiger partial charge on any atom is -0.496 e. The molecule has 1 atom stereocenters. The molecule has 1 amide bonds. The van der Waals surface area contributed by atoms with Gasteiger partial charge in [-0.15, -0.1) is 0 Å². The normalized spacial score (nSPS) is 16.9. The number of methoxy groups -OCH3 is 1. The van der Waals surface area contributed by atoms with Gasteiger partial charge in [0.1, 0.15) is 5.75 Å². The molecule has 0 bridgehead atoms. The van der Waals surface area contributed by atoms with Crippen molar-refractivity contribution in [3.05, 3.63) is 47.3 Å². The van der Waals surface area contributed by atoms with Crippen molar-refractivity contribution in [1.29, 1.82) is 0 Å². The molecular weight excluding hydrogens is 278 g/mol. The molecule has 0 fully saturated rings. The van der Waals surface area contributed by atoms with Crippen molar-refractivity contribution in [2.45, 2.75) is 31.7 Å². The number of nitrogens with one attached hydrogen (secondary N) is 1. The Balaban J connectivity index is 1.70. The number of nitrogens with zero attached hydrogens (tertiary/aromatic N) is 2. The molecule has 0 saturated heterocycles. The third-order valence-corrected chi connectivity index (χ3v) is 4.25. The first-order valence-corrected chi connectivity index (χ1v) is 7.61. The quantitative estimate of drug-likeness (QED) is 0.941. The zero-order valence-electron chi connectivity index (χ0n) is 13.0. The smallest absolute Gasteiger partial charge is 0.225 e. The van der Waals surface area contributed by atoms with E-state index in [0.717, 1.165) is 36.1 Å². The van der Waals surface area contributed by atoms with Crippen molar-refractivity contribution in [1.82, 2.24) is 15.1 Å². The first kappa shape index (κ1) is 14.6. The van der Waals surface area contributed by atoms with Gasteiger partial charge in [0.2, 0.25) is 5.91 Å². The summed E-state index contributed by atoms with van der Waals surface area (Å²) in [4.78, 5) is 12.4. The van der Waals surface area contributed by atoms with Crippen LogP contribution in [0.25, 0.3) is 0 Å². The van der Waals surface area contributed by atoms with E-state index in [9.17, 15) is 4.79 Å². The second-order valence-electron chi connectivity index (χ2n) is 5.67. The van der Waals surface area contributed by atoms with Gasteiger partial charge in [0.25, 0.3) is 0 Å².